The lowest BCUT2D eigenvalue weighted by atomic mass is 9.83. The highest BCUT2D eigenvalue weighted by molar-refractivity contribution is 7.93. The van der Waals surface area contributed by atoms with Crippen molar-refractivity contribution in [2.45, 2.75) is 61.5 Å². The number of sulfone groups is 1. The third-order valence-corrected chi connectivity index (χ3v) is 7.05. The predicted molar refractivity (Wildman–Crippen MR) is 82.8 cm³/mol. The van der Waals surface area contributed by atoms with Gasteiger partial charge in [0.2, 0.25) is 14.7 Å². The normalized spacial score (nSPS) is 31.4. The number of nitrogens with zero attached hydrogens (tertiary/aromatic N) is 4. The molecule has 0 aliphatic carbocycles. The van der Waals surface area contributed by atoms with Gasteiger partial charge in [-0.15, -0.1) is 0 Å². The fourth-order valence-corrected chi connectivity index (χ4v) is 5.50. The highest BCUT2D eigenvalue weighted by Gasteiger charge is 2.72. The third-order valence-electron chi connectivity index (χ3n) is 4.54. The van der Waals surface area contributed by atoms with E-state index >= 15 is 0 Å². The molecule has 0 radical (unpaired) electrons. The van der Waals surface area contributed by atoms with Crippen molar-refractivity contribution in [3.63, 3.8) is 0 Å². The van der Waals surface area contributed by atoms with E-state index < -0.39 is 31.8 Å². The molecule has 0 fully saturated rings. The summed E-state index contributed by atoms with van der Waals surface area (Å²) in [6.07, 6.45) is 0. The van der Waals surface area contributed by atoms with E-state index in [-0.39, 0.29) is 4.90 Å². The number of benzene rings is 1. The maximum Gasteiger partial charge on any atom is 0.238 e. The molecule has 0 unspecified atom stereocenters. The second-order valence-corrected chi connectivity index (χ2v) is 9.14. The lowest BCUT2D eigenvalue weighted by Gasteiger charge is -2.35. The largest absolute Gasteiger partial charge is 0.238 e. The van der Waals surface area contributed by atoms with Gasteiger partial charge in [-0.25, -0.2) is 8.42 Å². The minimum Gasteiger partial charge on any atom is -0.221 e. The summed E-state index contributed by atoms with van der Waals surface area (Å²) in [5.74, 6) is 0. The van der Waals surface area contributed by atoms with Crippen molar-refractivity contribution >= 4 is 9.84 Å². The number of hydrogen-bond donors (Lipinski definition) is 0. The second-order valence-electron chi connectivity index (χ2n) is 7.04. The van der Waals surface area contributed by atoms with Crippen LogP contribution in [0.1, 0.15) is 33.3 Å². The van der Waals surface area contributed by atoms with Gasteiger partial charge in [0.1, 0.15) is 17.1 Å². The van der Waals surface area contributed by atoms with E-state index in [9.17, 15) is 8.42 Å². The molecule has 0 saturated heterocycles. The number of fused-ring (bicyclic) bond motifs is 1. The van der Waals surface area contributed by atoms with Crippen LogP contribution in [0.3, 0.4) is 0 Å². The average molecular weight is 320 g/mol. The van der Waals surface area contributed by atoms with Crippen LogP contribution in [0.15, 0.2) is 49.6 Å². The van der Waals surface area contributed by atoms with Gasteiger partial charge in [0.15, 0.2) is 0 Å². The topological polar surface area (TPSA) is 83.6 Å². The summed E-state index contributed by atoms with van der Waals surface area (Å²) < 4.78 is 26.8. The minimum absolute atomic E-state index is 0.236. The molecule has 0 bridgehead atoms. The van der Waals surface area contributed by atoms with E-state index in [4.69, 9.17) is 0 Å². The minimum atomic E-state index is -3.78. The van der Waals surface area contributed by atoms with Crippen LogP contribution >= 0.6 is 0 Å². The van der Waals surface area contributed by atoms with Gasteiger partial charge in [-0.3, -0.25) is 0 Å². The molecule has 0 aromatic heterocycles. The van der Waals surface area contributed by atoms with Crippen LogP contribution in [0.4, 0.5) is 0 Å². The fourth-order valence-electron chi connectivity index (χ4n) is 3.17. The van der Waals surface area contributed by atoms with Crippen molar-refractivity contribution in [2.75, 3.05) is 0 Å². The van der Waals surface area contributed by atoms with Crippen LogP contribution in [0.2, 0.25) is 0 Å². The van der Waals surface area contributed by atoms with E-state index in [1.54, 1.807) is 38.1 Å². The first-order valence-electron chi connectivity index (χ1n) is 7.22. The lowest BCUT2D eigenvalue weighted by Crippen LogP contribution is -2.58. The van der Waals surface area contributed by atoms with Crippen molar-refractivity contribution in [1.82, 2.24) is 0 Å². The third kappa shape index (κ3) is 1.68. The Balaban J connectivity index is 2.24. The summed E-state index contributed by atoms with van der Waals surface area (Å²) >= 11 is 0. The molecule has 2 atom stereocenters. The first-order valence-corrected chi connectivity index (χ1v) is 8.70. The first-order chi connectivity index (χ1) is 10.0. The van der Waals surface area contributed by atoms with Gasteiger partial charge >= 0.3 is 0 Å². The van der Waals surface area contributed by atoms with Crippen LogP contribution in [0.25, 0.3) is 0 Å². The van der Waals surface area contributed by atoms with Crippen LogP contribution in [0, 0.1) is 6.92 Å². The maximum absolute atomic E-state index is 13.4. The molecule has 6 nitrogen and oxygen atoms in total. The smallest absolute Gasteiger partial charge is 0.221 e. The summed E-state index contributed by atoms with van der Waals surface area (Å²) in [6, 6.07) is 6.19. The van der Waals surface area contributed by atoms with Crippen LogP contribution < -0.4 is 0 Å². The van der Waals surface area contributed by atoms with Crippen molar-refractivity contribution in [2.24, 2.45) is 20.5 Å². The molecule has 1 aromatic rings. The molecular weight excluding hydrogens is 300 g/mol. The van der Waals surface area contributed by atoms with Gasteiger partial charge in [-0.2, -0.15) is 20.5 Å². The molecule has 1 aromatic carbocycles. The summed E-state index contributed by atoms with van der Waals surface area (Å²) in [7, 11) is -3.78. The van der Waals surface area contributed by atoms with E-state index in [2.05, 4.69) is 20.5 Å². The molecule has 0 N–H and O–H groups in total. The fraction of sp³-hybridized carbons (Fsp3) is 0.600. The Hall–Kier alpha value is -1.63. The first kappa shape index (κ1) is 15.3. The molecule has 7 heteroatoms. The molecule has 0 amide bonds. The molecular formula is C15H20N4O2S. The van der Waals surface area contributed by atoms with Crippen molar-refractivity contribution in [1.29, 1.82) is 0 Å². The lowest BCUT2D eigenvalue weighted by molar-refractivity contribution is 0.341. The SMILES string of the molecule is Cc1ccc(S(=O)(=O)[C@@]23N=NC(C)(C)[C@@H]2N=NC3(C)C)cc1. The van der Waals surface area contributed by atoms with Gasteiger partial charge in [0, 0.05) is 0 Å². The van der Waals surface area contributed by atoms with Crippen molar-refractivity contribution < 1.29 is 8.42 Å². The quantitative estimate of drug-likeness (QED) is 0.837. The standard InChI is InChI=1S/C15H20N4O2S/c1-10-6-8-11(9-7-10)22(20,21)15-12(13(2,3)17-19-15)16-18-14(15,4)5/h6-9,12H,1-5H3/t12-,15-/m0/s1. The zero-order valence-electron chi connectivity index (χ0n) is 13.4. The van der Waals surface area contributed by atoms with Crippen molar-refractivity contribution in [3.05, 3.63) is 29.8 Å². The van der Waals surface area contributed by atoms with E-state index in [1.807, 2.05) is 20.8 Å². The molecule has 22 heavy (non-hydrogen) atoms. The molecule has 0 spiro atoms. The molecule has 0 saturated carbocycles. The molecule has 2 heterocycles. The molecule has 3 rings (SSSR count). The number of azo groups is 2. The van der Waals surface area contributed by atoms with E-state index in [0.29, 0.717) is 0 Å². The van der Waals surface area contributed by atoms with Crippen LogP contribution in [0.5, 0.6) is 0 Å². The predicted octanol–water partition coefficient (Wildman–Crippen LogP) is 3.32. The van der Waals surface area contributed by atoms with Crippen LogP contribution in [-0.4, -0.2) is 30.4 Å². The zero-order valence-corrected chi connectivity index (χ0v) is 14.2. The van der Waals surface area contributed by atoms with Gasteiger partial charge < -0.3 is 0 Å². The van der Waals surface area contributed by atoms with Gasteiger partial charge in [-0.05, 0) is 46.8 Å². The molecule has 2 aliphatic heterocycles. The Labute approximate surface area is 130 Å². The van der Waals surface area contributed by atoms with E-state index in [0.717, 1.165) is 5.56 Å². The number of rotatable bonds is 2. The molecule has 118 valence electrons. The summed E-state index contributed by atoms with van der Waals surface area (Å²) in [6.45, 7) is 9.10. The van der Waals surface area contributed by atoms with Gasteiger partial charge in [-0.1, -0.05) is 17.7 Å². The Morgan fingerprint density at radius 3 is 2.14 bits per heavy atom. The Morgan fingerprint density at radius 1 is 0.955 bits per heavy atom. The van der Waals surface area contributed by atoms with Gasteiger partial charge in [0.25, 0.3) is 0 Å². The summed E-state index contributed by atoms with van der Waals surface area (Å²) in [5, 5.41) is 16.9. The van der Waals surface area contributed by atoms with Gasteiger partial charge in [0.05, 0.1) is 4.90 Å². The summed E-state index contributed by atoms with van der Waals surface area (Å²) in [5.41, 5.74) is -0.644. The maximum atomic E-state index is 13.4. The highest BCUT2D eigenvalue weighted by atomic mass is 32.2. The van der Waals surface area contributed by atoms with Crippen LogP contribution in [-0.2, 0) is 9.84 Å². The Kier molecular flexibility index (Phi) is 2.93. The number of aryl methyl sites for hydroxylation is 1. The van der Waals surface area contributed by atoms with Crippen molar-refractivity contribution in [3.8, 4) is 0 Å². The second kappa shape index (κ2) is 4.22. The highest BCUT2D eigenvalue weighted by Crippen LogP contribution is 2.54. The Bertz CT molecular complexity index is 778. The summed E-state index contributed by atoms with van der Waals surface area (Å²) in [4.78, 5) is -1.24. The molecule has 2 aliphatic rings. The monoisotopic (exact) mass is 320 g/mol. The van der Waals surface area contributed by atoms with E-state index in [1.165, 1.54) is 0 Å². The zero-order chi connectivity index (χ0) is 16.4. The number of hydrogen-bond acceptors (Lipinski definition) is 6. The average Bonchev–Trinajstić information content (AvgIpc) is 2.86. The Morgan fingerprint density at radius 2 is 1.55 bits per heavy atom.